The Kier molecular flexibility index (Phi) is 10.1. The molecule has 250 valence electrons. The summed E-state index contributed by atoms with van der Waals surface area (Å²) in [5.41, 5.74) is 8.09. The van der Waals surface area contributed by atoms with Gasteiger partial charge in [-0.1, -0.05) is 54.6 Å². The molecule has 4 aromatic carbocycles. The van der Waals surface area contributed by atoms with Crippen molar-refractivity contribution < 1.29 is 32.5 Å². The third-order valence-corrected chi connectivity index (χ3v) is 10.5. The van der Waals surface area contributed by atoms with Gasteiger partial charge in [0.2, 0.25) is 5.90 Å². The number of carbonyl (C=O) groups excluding carboxylic acids is 1. The van der Waals surface area contributed by atoms with Gasteiger partial charge in [-0.2, -0.15) is 0 Å². The molecule has 0 spiro atoms. The molecule has 6 rings (SSSR count). The number of hydrogen-bond donors (Lipinski definition) is 3. The zero-order valence-electron chi connectivity index (χ0n) is 26.7. The van der Waals surface area contributed by atoms with E-state index in [4.69, 9.17) is 24.3 Å². The number of aliphatic imine (C=N–C) groups is 1. The first-order chi connectivity index (χ1) is 23.3. The summed E-state index contributed by atoms with van der Waals surface area (Å²) in [6.45, 7) is 0.393. The van der Waals surface area contributed by atoms with Crippen LogP contribution >= 0.6 is 0 Å². The Labute approximate surface area is 280 Å². The summed E-state index contributed by atoms with van der Waals surface area (Å²) >= 11 is 0. The smallest absolute Gasteiger partial charge is 0.266 e. The molecule has 1 aliphatic carbocycles. The second-order valence-electron chi connectivity index (χ2n) is 11.9. The van der Waals surface area contributed by atoms with Crippen LogP contribution in [0.25, 0.3) is 0 Å². The number of aliphatic hydroxyl groups excluding tert-OH is 1. The molecule has 0 unspecified atom stereocenters. The molecule has 0 aromatic heterocycles. The maximum atomic E-state index is 14.5. The highest BCUT2D eigenvalue weighted by Gasteiger charge is 2.54. The van der Waals surface area contributed by atoms with Crippen molar-refractivity contribution in [3.05, 3.63) is 125 Å². The Hall–Kier alpha value is -4.71. The maximum absolute atomic E-state index is 14.5. The summed E-state index contributed by atoms with van der Waals surface area (Å²) in [6.07, 6.45) is 0.850. The Balaban J connectivity index is 1.36. The molecule has 11 heteroatoms. The van der Waals surface area contributed by atoms with Gasteiger partial charge < -0.3 is 19.3 Å². The molecule has 0 bridgehead atoms. The predicted molar refractivity (Wildman–Crippen MR) is 182 cm³/mol. The van der Waals surface area contributed by atoms with E-state index in [1.807, 2.05) is 18.2 Å². The van der Waals surface area contributed by atoms with Crippen LogP contribution in [0.4, 0.5) is 0 Å². The number of carbonyl (C=O) groups is 1. The van der Waals surface area contributed by atoms with Crippen molar-refractivity contribution in [1.82, 2.24) is 10.9 Å². The van der Waals surface area contributed by atoms with Gasteiger partial charge in [0.1, 0.15) is 11.5 Å². The minimum atomic E-state index is -3.79. The molecular formula is C37H39N3O7S. The quantitative estimate of drug-likeness (QED) is 0.133. The molecule has 1 amide bonds. The van der Waals surface area contributed by atoms with Crippen molar-refractivity contribution in [1.29, 1.82) is 0 Å². The second kappa shape index (κ2) is 14.6. The molecule has 2 aliphatic rings. The van der Waals surface area contributed by atoms with Gasteiger partial charge >= 0.3 is 0 Å². The summed E-state index contributed by atoms with van der Waals surface area (Å²) in [5.74, 6) is 0.507. The zero-order chi connectivity index (χ0) is 33.6. The molecule has 48 heavy (non-hydrogen) atoms. The summed E-state index contributed by atoms with van der Waals surface area (Å²) in [7, 11) is -2.24. The number of aliphatic hydroxyl groups is 1. The minimum absolute atomic E-state index is 0.0288. The molecule has 1 heterocycles. The first-order valence-corrected chi connectivity index (χ1v) is 17.6. The van der Waals surface area contributed by atoms with E-state index in [1.165, 1.54) is 11.1 Å². The number of nitrogens with one attached hydrogen (secondary N) is 2. The molecule has 0 radical (unpaired) electrons. The van der Waals surface area contributed by atoms with Crippen molar-refractivity contribution in [2.75, 3.05) is 26.1 Å². The number of hydrazine groups is 1. The van der Waals surface area contributed by atoms with E-state index in [-0.39, 0.29) is 35.6 Å². The Morgan fingerprint density at radius 1 is 0.938 bits per heavy atom. The van der Waals surface area contributed by atoms with Crippen LogP contribution in [0.15, 0.2) is 113 Å². The van der Waals surface area contributed by atoms with E-state index >= 15 is 0 Å². The number of nitrogens with zero attached hydrogens (tertiary/aromatic N) is 1. The highest BCUT2D eigenvalue weighted by molar-refractivity contribution is 7.91. The predicted octanol–water partition coefficient (Wildman–Crippen LogP) is 4.37. The van der Waals surface area contributed by atoms with E-state index in [0.717, 1.165) is 12.8 Å². The zero-order valence-corrected chi connectivity index (χ0v) is 27.5. The van der Waals surface area contributed by atoms with Crippen LogP contribution in [0.3, 0.4) is 0 Å². The average molecular weight is 670 g/mol. The van der Waals surface area contributed by atoms with Crippen LogP contribution in [0, 0.1) is 0 Å². The summed E-state index contributed by atoms with van der Waals surface area (Å²) in [4.78, 5) is 19.7. The lowest BCUT2D eigenvalue weighted by Gasteiger charge is -2.31. The largest absolute Gasteiger partial charge is 0.497 e. The monoisotopic (exact) mass is 669 g/mol. The standard InChI is InChI=1S/C37H39N3O7S/c1-45-32-12-7-11-29(25-32)34-37(19-22-48(43,44)33-13-3-2-4-14-33,36(42)40-39-30-23-27-9-5-6-10-28(27)24-30)38-35(47-34)26-15-17-31(18-16-26)46-21-8-20-41/h2-7,9-18,25,30,34,39,41H,8,19-24H2,1H3,(H,40,42)/t34-,37-/m0/s1. The Morgan fingerprint density at radius 2 is 1.65 bits per heavy atom. The SMILES string of the molecule is COc1cccc([C@@H]2OC(c3ccc(OCCCO)cc3)=N[C@]2(CCS(=O)(=O)c2ccccc2)C(=O)NNC2Cc3ccccc3C2)c1. The fourth-order valence-electron chi connectivity index (χ4n) is 6.15. The lowest BCUT2D eigenvalue weighted by atomic mass is 9.85. The van der Waals surface area contributed by atoms with Crippen LogP contribution in [0.5, 0.6) is 11.5 Å². The van der Waals surface area contributed by atoms with Gasteiger partial charge in [0.25, 0.3) is 5.91 Å². The molecular weight excluding hydrogens is 630 g/mol. The number of amides is 1. The van der Waals surface area contributed by atoms with Crippen molar-refractivity contribution in [3.63, 3.8) is 0 Å². The van der Waals surface area contributed by atoms with Gasteiger partial charge in [0.05, 0.1) is 24.4 Å². The van der Waals surface area contributed by atoms with Gasteiger partial charge in [-0.15, -0.1) is 0 Å². The van der Waals surface area contributed by atoms with Gasteiger partial charge in [-0.05, 0) is 78.1 Å². The number of fused-ring (bicyclic) bond motifs is 1. The molecule has 4 aromatic rings. The molecule has 3 N–H and O–H groups in total. The fraction of sp³-hybridized carbons (Fsp3) is 0.297. The van der Waals surface area contributed by atoms with E-state index in [2.05, 4.69) is 23.0 Å². The number of benzene rings is 4. The van der Waals surface area contributed by atoms with Crippen LogP contribution in [-0.2, 0) is 32.2 Å². The normalized spacial score (nSPS) is 18.9. The van der Waals surface area contributed by atoms with Crippen molar-refractivity contribution >= 4 is 21.6 Å². The van der Waals surface area contributed by atoms with Crippen LogP contribution in [-0.4, -0.2) is 63.0 Å². The van der Waals surface area contributed by atoms with Crippen molar-refractivity contribution in [3.8, 4) is 11.5 Å². The third kappa shape index (κ3) is 7.23. The highest BCUT2D eigenvalue weighted by atomic mass is 32.2. The second-order valence-corrected chi connectivity index (χ2v) is 14.0. The molecule has 0 saturated carbocycles. The third-order valence-electron chi connectivity index (χ3n) is 8.72. The number of methoxy groups -OCH3 is 1. The van der Waals surface area contributed by atoms with E-state index in [0.29, 0.717) is 35.7 Å². The Bertz CT molecular complexity index is 1840. The van der Waals surface area contributed by atoms with Gasteiger partial charge in [0.15, 0.2) is 21.5 Å². The lowest BCUT2D eigenvalue weighted by Crippen LogP contribution is -2.55. The molecule has 1 aliphatic heterocycles. The molecule has 10 nitrogen and oxygen atoms in total. The molecule has 2 atom stereocenters. The van der Waals surface area contributed by atoms with E-state index < -0.39 is 27.4 Å². The van der Waals surface area contributed by atoms with Gasteiger partial charge in [-0.3, -0.25) is 10.2 Å². The first-order valence-electron chi connectivity index (χ1n) is 16.0. The van der Waals surface area contributed by atoms with Crippen molar-refractivity contribution in [2.45, 2.75) is 48.3 Å². The summed E-state index contributed by atoms with van der Waals surface area (Å²) < 4.78 is 44.9. The number of rotatable bonds is 14. The van der Waals surface area contributed by atoms with Gasteiger partial charge in [0, 0.05) is 31.1 Å². The first kappa shape index (κ1) is 33.2. The molecule has 0 saturated heterocycles. The summed E-state index contributed by atoms with van der Waals surface area (Å²) in [5, 5.41) is 9.08. The minimum Gasteiger partial charge on any atom is -0.497 e. The fourth-order valence-corrected chi connectivity index (χ4v) is 7.53. The van der Waals surface area contributed by atoms with Gasteiger partial charge in [-0.25, -0.2) is 18.8 Å². The average Bonchev–Trinajstić information content (AvgIpc) is 3.73. The van der Waals surface area contributed by atoms with E-state index in [1.54, 1.807) is 79.9 Å². The van der Waals surface area contributed by atoms with E-state index in [9.17, 15) is 13.2 Å². The molecule has 0 fully saturated rings. The lowest BCUT2D eigenvalue weighted by molar-refractivity contribution is -0.130. The van der Waals surface area contributed by atoms with Crippen LogP contribution in [0.2, 0.25) is 0 Å². The number of sulfone groups is 1. The number of hydrogen-bond acceptors (Lipinski definition) is 9. The van der Waals surface area contributed by atoms with Crippen LogP contribution < -0.4 is 20.3 Å². The Morgan fingerprint density at radius 3 is 2.33 bits per heavy atom. The highest BCUT2D eigenvalue weighted by Crippen LogP contribution is 2.44. The van der Waals surface area contributed by atoms with Crippen molar-refractivity contribution in [2.24, 2.45) is 4.99 Å². The summed E-state index contributed by atoms with van der Waals surface area (Å²) in [6, 6.07) is 30.6. The maximum Gasteiger partial charge on any atom is 0.266 e. The topological polar surface area (TPSA) is 136 Å². The van der Waals surface area contributed by atoms with Crippen LogP contribution in [0.1, 0.15) is 41.2 Å². The number of ether oxygens (including phenoxy) is 3.